The van der Waals surface area contributed by atoms with Crippen molar-refractivity contribution in [1.29, 1.82) is 10.5 Å². The number of hydrogen-bond acceptors (Lipinski definition) is 9. The van der Waals surface area contributed by atoms with Gasteiger partial charge in [0.15, 0.2) is 0 Å². The number of nitrogen functional groups attached to an aromatic ring is 1. The highest BCUT2D eigenvalue weighted by atomic mass is 32.2. The van der Waals surface area contributed by atoms with Gasteiger partial charge < -0.3 is 15.6 Å². The normalized spacial score (nSPS) is 10.2. The summed E-state index contributed by atoms with van der Waals surface area (Å²) in [5, 5.41) is 28.7. The van der Waals surface area contributed by atoms with Crippen LogP contribution in [-0.2, 0) is 5.75 Å². The van der Waals surface area contributed by atoms with Crippen LogP contribution in [0.4, 0.5) is 5.82 Å². The number of ether oxygens (including phenoxy) is 1. The second-order valence-corrected chi connectivity index (χ2v) is 6.75. The van der Waals surface area contributed by atoms with E-state index in [-0.39, 0.29) is 30.2 Å². The molecule has 0 unspecified atom stereocenters. The maximum Gasteiger partial charge on any atom is 0.143 e. The average Bonchev–Trinajstić information content (AvgIpc) is 2.76. The summed E-state index contributed by atoms with van der Waals surface area (Å²) in [6.07, 6.45) is 4.81. The van der Waals surface area contributed by atoms with Crippen molar-refractivity contribution in [3.8, 4) is 29.0 Å². The van der Waals surface area contributed by atoms with Crippen LogP contribution >= 0.6 is 11.8 Å². The molecule has 0 atom stereocenters. The molecule has 0 amide bonds. The summed E-state index contributed by atoms with van der Waals surface area (Å²) >= 11 is 1.33. The maximum absolute atomic E-state index is 9.81. The summed E-state index contributed by atoms with van der Waals surface area (Å²) in [5.41, 5.74) is 8.41. The molecule has 8 nitrogen and oxygen atoms in total. The number of rotatable bonds is 7. The topological polar surface area (TPSA) is 142 Å². The Labute approximate surface area is 171 Å². The van der Waals surface area contributed by atoms with Gasteiger partial charge in [0.25, 0.3) is 0 Å². The molecular weight excluding hydrogens is 388 g/mol. The molecule has 0 aliphatic heterocycles. The molecule has 0 aliphatic carbocycles. The average molecular weight is 404 g/mol. The second kappa shape index (κ2) is 9.51. The molecule has 0 radical (unpaired) electrons. The molecule has 2 aromatic heterocycles. The van der Waals surface area contributed by atoms with E-state index in [1.165, 1.54) is 18.1 Å². The van der Waals surface area contributed by atoms with E-state index in [0.29, 0.717) is 27.7 Å². The minimum absolute atomic E-state index is 0.0638. The molecule has 29 heavy (non-hydrogen) atoms. The Morgan fingerprint density at radius 1 is 1.07 bits per heavy atom. The Balaban J connectivity index is 2.02. The molecule has 0 saturated heterocycles. The Morgan fingerprint density at radius 3 is 2.38 bits per heavy atom. The lowest BCUT2D eigenvalue weighted by atomic mass is 9.97. The maximum atomic E-state index is 9.81. The molecule has 0 saturated carbocycles. The monoisotopic (exact) mass is 404 g/mol. The van der Waals surface area contributed by atoms with E-state index in [4.69, 9.17) is 15.6 Å². The lowest BCUT2D eigenvalue weighted by Gasteiger charge is -2.13. The number of nitrogens with two attached hydrogens (primary N) is 1. The number of aliphatic hydroxyl groups excluding tert-OH is 1. The first-order valence-electron chi connectivity index (χ1n) is 8.52. The number of aliphatic hydroxyl groups is 1. The lowest BCUT2D eigenvalue weighted by molar-refractivity contribution is 0.201. The summed E-state index contributed by atoms with van der Waals surface area (Å²) in [7, 11) is 0. The standard InChI is InChI=1S/C20H16N6O2S/c21-7-16-18(14-1-3-15(4-2-14)28-6-5-27)17(8-22)20(26-19(16)23)29-11-13-9-24-12-25-10-13/h1-4,9-10,12,27H,5-6,11H2,(H2,23,26). The molecule has 3 aromatic rings. The number of nitrogens with zero attached hydrogens (tertiary/aromatic N) is 5. The van der Waals surface area contributed by atoms with Gasteiger partial charge in [-0.05, 0) is 23.3 Å². The highest BCUT2D eigenvalue weighted by molar-refractivity contribution is 7.98. The quantitative estimate of drug-likeness (QED) is 0.568. The van der Waals surface area contributed by atoms with Crippen LogP contribution in [0.3, 0.4) is 0 Å². The van der Waals surface area contributed by atoms with Gasteiger partial charge in [-0.2, -0.15) is 10.5 Å². The number of pyridine rings is 1. The van der Waals surface area contributed by atoms with Crippen molar-refractivity contribution in [1.82, 2.24) is 15.0 Å². The van der Waals surface area contributed by atoms with Crippen LogP contribution in [0.2, 0.25) is 0 Å². The number of aromatic nitrogens is 3. The fraction of sp³-hybridized carbons (Fsp3) is 0.150. The Bertz CT molecular complexity index is 1080. The molecule has 1 aromatic carbocycles. The van der Waals surface area contributed by atoms with Crippen LogP contribution in [-0.4, -0.2) is 33.3 Å². The van der Waals surface area contributed by atoms with Crippen molar-refractivity contribution in [2.45, 2.75) is 10.8 Å². The summed E-state index contributed by atoms with van der Waals surface area (Å²) in [6.45, 7) is 0.0886. The number of thioether (sulfide) groups is 1. The van der Waals surface area contributed by atoms with Crippen LogP contribution in [0.15, 0.2) is 48.0 Å². The predicted octanol–water partition coefficient (Wildman–Crippen LogP) is 2.53. The predicted molar refractivity (Wildman–Crippen MR) is 108 cm³/mol. The third kappa shape index (κ3) is 4.61. The minimum Gasteiger partial charge on any atom is -0.491 e. The van der Waals surface area contributed by atoms with E-state index in [1.54, 1.807) is 36.7 Å². The molecule has 9 heteroatoms. The summed E-state index contributed by atoms with van der Waals surface area (Å²) in [6, 6.07) is 11.1. The highest BCUT2D eigenvalue weighted by Crippen LogP contribution is 2.37. The largest absolute Gasteiger partial charge is 0.491 e. The Hall–Kier alpha value is -3.66. The Kier molecular flexibility index (Phi) is 6.59. The van der Waals surface area contributed by atoms with E-state index in [9.17, 15) is 10.5 Å². The molecular formula is C20H16N6O2S. The molecule has 144 valence electrons. The van der Waals surface area contributed by atoms with Crippen LogP contribution in [0.5, 0.6) is 5.75 Å². The second-order valence-electron chi connectivity index (χ2n) is 5.78. The molecule has 3 rings (SSSR count). The Morgan fingerprint density at radius 2 is 1.76 bits per heavy atom. The van der Waals surface area contributed by atoms with E-state index >= 15 is 0 Å². The number of benzene rings is 1. The van der Waals surface area contributed by atoms with E-state index in [2.05, 4.69) is 27.1 Å². The van der Waals surface area contributed by atoms with Crippen LogP contribution in [0, 0.1) is 22.7 Å². The molecule has 0 aliphatic rings. The van der Waals surface area contributed by atoms with Crippen LogP contribution in [0.1, 0.15) is 16.7 Å². The third-order valence-corrected chi connectivity index (χ3v) is 4.95. The first kappa shape index (κ1) is 20.1. The van der Waals surface area contributed by atoms with Crippen molar-refractivity contribution in [2.75, 3.05) is 18.9 Å². The van der Waals surface area contributed by atoms with E-state index in [0.717, 1.165) is 5.56 Å². The SMILES string of the molecule is N#Cc1c(N)nc(SCc2cncnc2)c(C#N)c1-c1ccc(OCCO)cc1. The van der Waals surface area contributed by atoms with Crippen molar-refractivity contribution >= 4 is 17.6 Å². The fourth-order valence-corrected chi connectivity index (χ4v) is 3.54. The molecule has 0 bridgehead atoms. The number of nitriles is 2. The summed E-state index contributed by atoms with van der Waals surface area (Å²) < 4.78 is 5.36. The van der Waals surface area contributed by atoms with Gasteiger partial charge in [-0.1, -0.05) is 12.1 Å². The molecule has 0 fully saturated rings. The summed E-state index contributed by atoms with van der Waals surface area (Å²) in [5.74, 6) is 1.13. The van der Waals surface area contributed by atoms with Gasteiger partial charge >= 0.3 is 0 Å². The number of hydrogen-bond donors (Lipinski definition) is 2. The van der Waals surface area contributed by atoms with E-state index in [1.807, 2.05) is 0 Å². The first-order chi connectivity index (χ1) is 14.2. The van der Waals surface area contributed by atoms with Crippen molar-refractivity contribution in [3.05, 3.63) is 59.7 Å². The van der Waals surface area contributed by atoms with E-state index < -0.39 is 0 Å². The molecule has 0 spiro atoms. The minimum atomic E-state index is -0.0904. The number of anilines is 1. The highest BCUT2D eigenvalue weighted by Gasteiger charge is 2.20. The van der Waals surface area contributed by atoms with Gasteiger partial charge in [-0.15, -0.1) is 11.8 Å². The summed E-state index contributed by atoms with van der Waals surface area (Å²) in [4.78, 5) is 12.2. The zero-order chi connectivity index (χ0) is 20.6. The van der Waals surface area contributed by atoms with Gasteiger partial charge in [-0.3, -0.25) is 0 Å². The van der Waals surface area contributed by atoms with Crippen molar-refractivity contribution in [2.24, 2.45) is 0 Å². The van der Waals surface area contributed by atoms with Gasteiger partial charge in [-0.25, -0.2) is 15.0 Å². The van der Waals surface area contributed by atoms with Crippen LogP contribution in [0.25, 0.3) is 11.1 Å². The first-order valence-corrected chi connectivity index (χ1v) is 9.51. The van der Waals surface area contributed by atoms with Crippen molar-refractivity contribution < 1.29 is 9.84 Å². The molecule has 3 N–H and O–H groups in total. The smallest absolute Gasteiger partial charge is 0.143 e. The van der Waals surface area contributed by atoms with Crippen molar-refractivity contribution in [3.63, 3.8) is 0 Å². The van der Waals surface area contributed by atoms with Crippen LogP contribution < -0.4 is 10.5 Å². The van der Waals surface area contributed by atoms with Gasteiger partial charge in [0.05, 0.1) is 12.2 Å². The van der Waals surface area contributed by atoms with Gasteiger partial charge in [0.1, 0.15) is 47.2 Å². The molecule has 2 heterocycles. The zero-order valence-electron chi connectivity index (χ0n) is 15.2. The lowest BCUT2D eigenvalue weighted by Crippen LogP contribution is -2.04. The fourth-order valence-electron chi connectivity index (χ4n) is 2.63. The van der Waals surface area contributed by atoms with Gasteiger partial charge in [0.2, 0.25) is 0 Å². The third-order valence-electron chi connectivity index (χ3n) is 3.91. The zero-order valence-corrected chi connectivity index (χ0v) is 16.1. The van der Waals surface area contributed by atoms with Gasteiger partial charge in [0, 0.05) is 23.7 Å².